The van der Waals surface area contributed by atoms with E-state index in [1.807, 2.05) is 30.4 Å². The van der Waals surface area contributed by atoms with Gasteiger partial charge in [-0.1, -0.05) is 60.2 Å². The summed E-state index contributed by atoms with van der Waals surface area (Å²) < 4.78 is 0. The first-order chi connectivity index (χ1) is 13.0. The molecular formula is C22H16ClNO3. The van der Waals surface area contributed by atoms with Gasteiger partial charge in [0.05, 0.1) is 11.3 Å². The first-order valence-corrected chi connectivity index (χ1v) is 8.58. The molecule has 0 saturated heterocycles. The molecule has 4 nitrogen and oxygen atoms in total. The summed E-state index contributed by atoms with van der Waals surface area (Å²) in [6, 6.07) is 20.8. The lowest BCUT2D eigenvalue weighted by atomic mass is 10.1. The second kappa shape index (κ2) is 8.34. The zero-order valence-electron chi connectivity index (χ0n) is 14.2. The van der Waals surface area contributed by atoms with Crippen LogP contribution in [-0.4, -0.2) is 17.0 Å². The zero-order valence-corrected chi connectivity index (χ0v) is 15.0. The molecule has 134 valence electrons. The Morgan fingerprint density at radius 2 is 1.56 bits per heavy atom. The molecule has 0 saturated carbocycles. The van der Waals surface area contributed by atoms with Crippen LogP contribution in [0.3, 0.4) is 0 Å². The molecular weight excluding hydrogens is 362 g/mol. The topological polar surface area (TPSA) is 66.4 Å². The SMILES string of the molecule is O=C(Nc1cc(C=Cc2cccc(Cl)c2)ccc1C(=O)O)c1ccccc1. The van der Waals surface area contributed by atoms with Crippen molar-refractivity contribution < 1.29 is 14.7 Å². The Labute approximate surface area is 161 Å². The van der Waals surface area contributed by atoms with E-state index in [1.165, 1.54) is 6.07 Å². The first kappa shape index (κ1) is 18.4. The molecule has 0 atom stereocenters. The Hall–Kier alpha value is -3.37. The van der Waals surface area contributed by atoms with E-state index >= 15 is 0 Å². The Bertz CT molecular complexity index is 1010. The fourth-order valence-corrected chi connectivity index (χ4v) is 2.74. The van der Waals surface area contributed by atoms with Gasteiger partial charge < -0.3 is 10.4 Å². The number of halogens is 1. The molecule has 0 aliphatic rings. The quantitative estimate of drug-likeness (QED) is 0.580. The summed E-state index contributed by atoms with van der Waals surface area (Å²) in [5.74, 6) is -1.47. The fraction of sp³-hybridized carbons (Fsp3) is 0. The maximum Gasteiger partial charge on any atom is 0.337 e. The standard InChI is InChI=1S/C22H16ClNO3/c23-18-8-4-5-15(13-18)9-10-16-11-12-19(22(26)27)20(14-16)24-21(25)17-6-2-1-3-7-17/h1-14H,(H,24,25)(H,26,27). The van der Waals surface area contributed by atoms with Crippen LogP contribution in [0.25, 0.3) is 12.2 Å². The van der Waals surface area contributed by atoms with Gasteiger partial charge in [0.2, 0.25) is 0 Å². The van der Waals surface area contributed by atoms with E-state index in [1.54, 1.807) is 48.5 Å². The molecule has 0 aliphatic carbocycles. The van der Waals surface area contributed by atoms with Crippen LogP contribution in [0.2, 0.25) is 5.02 Å². The van der Waals surface area contributed by atoms with E-state index in [9.17, 15) is 14.7 Å². The minimum Gasteiger partial charge on any atom is -0.478 e. The lowest BCUT2D eigenvalue weighted by molar-refractivity contribution is 0.0698. The van der Waals surface area contributed by atoms with Crippen LogP contribution in [0.5, 0.6) is 0 Å². The van der Waals surface area contributed by atoms with E-state index < -0.39 is 5.97 Å². The van der Waals surface area contributed by atoms with Crippen LogP contribution in [0.15, 0.2) is 72.8 Å². The molecule has 0 fully saturated rings. The highest BCUT2D eigenvalue weighted by Crippen LogP contribution is 2.21. The van der Waals surface area contributed by atoms with Crippen LogP contribution in [0, 0.1) is 0 Å². The van der Waals surface area contributed by atoms with Crippen molar-refractivity contribution in [3.63, 3.8) is 0 Å². The molecule has 0 aliphatic heterocycles. The molecule has 0 spiro atoms. The lowest BCUT2D eigenvalue weighted by Crippen LogP contribution is -2.14. The van der Waals surface area contributed by atoms with E-state index in [-0.39, 0.29) is 17.2 Å². The number of carboxylic acids is 1. The number of carbonyl (C=O) groups is 2. The van der Waals surface area contributed by atoms with Gasteiger partial charge in [0.15, 0.2) is 0 Å². The highest BCUT2D eigenvalue weighted by atomic mass is 35.5. The number of benzene rings is 3. The molecule has 1 amide bonds. The van der Waals surface area contributed by atoms with Crippen molar-refractivity contribution in [2.24, 2.45) is 0 Å². The molecule has 3 aromatic rings. The van der Waals surface area contributed by atoms with Gasteiger partial charge in [0.25, 0.3) is 5.91 Å². The normalized spacial score (nSPS) is 10.7. The van der Waals surface area contributed by atoms with Crippen LogP contribution in [-0.2, 0) is 0 Å². The number of aromatic carboxylic acids is 1. The van der Waals surface area contributed by atoms with Crippen molar-refractivity contribution >= 4 is 41.3 Å². The highest BCUT2D eigenvalue weighted by Gasteiger charge is 2.13. The average molecular weight is 378 g/mol. The third kappa shape index (κ3) is 4.84. The third-order valence-electron chi connectivity index (χ3n) is 3.88. The zero-order chi connectivity index (χ0) is 19.2. The van der Waals surface area contributed by atoms with Crippen molar-refractivity contribution in [3.8, 4) is 0 Å². The minimum absolute atomic E-state index is 0.0270. The summed E-state index contributed by atoms with van der Waals surface area (Å²) in [4.78, 5) is 23.9. The van der Waals surface area contributed by atoms with Crippen LogP contribution < -0.4 is 5.32 Å². The van der Waals surface area contributed by atoms with E-state index in [2.05, 4.69) is 5.32 Å². The van der Waals surface area contributed by atoms with Crippen LogP contribution in [0.4, 0.5) is 5.69 Å². The molecule has 27 heavy (non-hydrogen) atoms. The van der Waals surface area contributed by atoms with Gasteiger partial charge >= 0.3 is 5.97 Å². The summed E-state index contributed by atoms with van der Waals surface area (Å²) in [5.41, 5.74) is 2.39. The molecule has 3 aromatic carbocycles. The van der Waals surface area contributed by atoms with E-state index in [0.717, 1.165) is 11.1 Å². The van der Waals surface area contributed by atoms with E-state index in [0.29, 0.717) is 10.6 Å². The number of amides is 1. The number of carbonyl (C=O) groups excluding carboxylic acids is 1. The Morgan fingerprint density at radius 3 is 2.22 bits per heavy atom. The second-order valence-corrected chi connectivity index (χ2v) is 6.26. The monoisotopic (exact) mass is 377 g/mol. The molecule has 0 radical (unpaired) electrons. The Morgan fingerprint density at radius 1 is 0.852 bits per heavy atom. The Kier molecular flexibility index (Phi) is 5.69. The molecule has 3 rings (SSSR count). The van der Waals surface area contributed by atoms with Gasteiger partial charge in [-0.15, -0.1) is 0 Å². The van der Waals surface area contributed by atoms with Crippen molar-refractivity contribution in [2.75, 3.05) is 5.32 Å². The van der Waals surface area contributed by atoms with Gasteiger partial charge in [-0.05, 0) is 47.5 Å². The predicted octanol–water partition coefficient (Wildman–Crippen LogP) is 5.46. The fourth-order valence-electron chi connectivity index (χ4n) is 2.54. The number of hydrogen-bond donors (Lipinski definition) is 2. The van der Waals surface area contributed by atoms with Gasteiger partial charge in [-0.3, -0.25) is 4.79 Å². The smallest absolute Gasteiger partial charge is 0.337 e. The highest BCUT2D eigenvalue weighted by molar-refractivity contribution is 6.30. The number of rotatable bonds is 5. The summed E-state index contributed by atoms with van der Waals surface area (Å²) in [5, 5.41) is 12.7. The molecule has 0 bridgehead atoms. The van der Waals surface area contributed by atoms with Crippen molar-refractivity contribution in [1.29, 1.82) is 0 Å². The van der Waals surface area contributed by atoms with Gasteiger partial charge in [0, 0.05) is 10.6 Å². The lowest BCUT2D eigenvalue weighted by Gasteiger charge is -2.10. The molecule has 0 heterocycles. The second-order valence-electron chi connectivity index (χ2n) is 5.82. The van der Waals surface area contributed by atoms with E-state index in [4.69, 9.17) is 11.6 Å². The molecule has 5 heteroatoms. The van der Waals surface area contributed by atoms with Gasteiger partial charge in [0.1, 0.15) is 0 Å². The van der Waals surface area contributed by atoms with Gasteiger partial charge in [-0.25, -0.2) is 4.79 Å². The Balaban J connectivity index is 1.88. The molecule has 2 N–H and O–H groups in total. The van der Waals surface area contributed by atoms with Gasteiger partial charge in [-0.2, -0.15) is 0 Å². The number of carboxylic acid groups (broad SMARTS) is 1. The maximum absolute atomic E-state index is 12.4. The summed E-state index contributed by atoms with van der Waals surface area (Å²) in [6.45, 7) is 0. The van der Waals surface area contributed by atoms with Crippen molar-refractivity contribution in [2.45, 2.75) is 0 Å². The maximum atomic E-state index is 12.4. The number of hydrogen-bond acceptors (Lipinski definition) is 2. The minimum atomic E-state index is -1.11. The summed E-state index contributed by atoms with van der Waals surface area (Å²) >= 11 is 5.98. The largest absolute Gasteiger partial charge is 0.478 e. The van der Waals surface area contributed by atoms with Crippen molar-refractivity contribution in [1.82, 2.24) is 0 Å². The summed E-state index contributed by atoms with van der Waals surface area (Å²) in [7, 11) is 0. The van der Waals surface area contributed by atoms with Crippen molar-refractivity contribution in [3.05, 3.63) is 100 Å². The third-order valence-corrected chi connectivity index (χ3v) is 4.11. The van der Waals surface area contributed by atoms with Crippen LogP contribution in [0.1, 0.15) is 31.8 Å². The number of anilines is 1. The molecule has 0 unspecified atom stereocenters. The summed E-state index contributed by atoms with van der Waals surface area (Å²) in [6.07, 6.45) is 3.69. The number of nitrogens with one attached hydrogen (secondary N) is 1. The average Bonchev–Trinajstić information content (AvgIpc) is 2.67. The van der Waals surface area contributed by atoms with Crippen LogP contribution >= 0.6 is 11.6 Å². The first-order valence-electron chi connectivity index (χ1n) is 8.20. The predicted molar refractivity (Wildman–Crippen MR) is 108 cm³/mol. The molecule has 0 aromatic heterocycles.